The Morgan fingerprint density at radius 3 is 2.67 bits per heavy atom. The largest absolute Gasteiger partial charge is 0.508 e. The van der Waals surface area contributed by atoms with Crippen molar-refractivity contribution in [3.8, 4) is 5.75 Å². The van der Waals surface area contributed by atoms with E-state index in [2.05, 4.69) is 15.6 Å². The number of hydrogen-bond donors (Lipinski definition) is 3. The highest BCUT2D eigenvalue weighted by Crippen LogP contribution is 2.10. The Bertz CT molecular complexity index is 673. The van der Waals surface area contributed by atoms with E-state index in [9.17, 15) is 9.50 Å². The predicted molar refractivity (Wildman–Crippen MR) is 95.9 cm³/mol. The van der Waals surface area contributed by atoms with Crippen LogP contribution in [0.5, 0.6) is 5.75 Å². The number of aliphatic imine (C=N–C) groups is 1. The molecule has 2 aromatic carbocycles. The maximum atomic E-state index is 13.6. The molecule has 0 aliphatic heterocycles. The number of nitrogens with one attached hydrogen (secondary N) is 2. The summed E-state index contributed by atoms with van der Waals surface area (Å²) in [5, 5.41) is 15.9. The predicted octanol–water partition coefficient (Wildman–Crippen LogP) is 2.87. The maximum Gasteiger partial charge on any atom is 0.191 e. The quantitative estimate of drug-likeness (QED) is 0.541. The smallest absolute Gasteiger partial charge is 0.191 e. The average molecular weight is 329 g/mol. The van der Waals surface area contributed by atoms with Gasteiger partial charge in [-0.25, -0.2) is 4.39 Å². The summed E-state index contributed by atoms with van der Waals surface area (Å²) in [6, 6.07) is 14.0. The van der Waals surface area contributed by atoms with Gasteiger partial charge in [0, 0.05) is 19.6 Å². The first-order valence-corrected chi connectivity index (χ1v) is 8.22. The summed E-state index contributed by atoms with van der Waals surface area (Å²) in [4.78, 5) is 4.48. The van der Waals surface area contributed by atoms with Crippen LogP contribution in [0.1, 0.15) is 18.1 Å². The third-order valence-electron chi connectivity index (χ3n) is 3.57. The van der Waals surface area contributed by atoms with Gasteiger partial charge in [0.2, 0.25) is 0 Å². The lowest BCUT2D eigenvalue weighted by Gasteiger charge is -2.11. The molecular weight excluding hydrogens is 305 g/mol. The topological polar surface area (TPSA) is 56.7 Å². The van der Waals surface area contributed by atoms with Crippen LogP contribution in [0.15, 0.2) is 53.5 Å². The third-order valence-corrected chi connectivity index (χ3v) is 3.57. The molecule has 24 heavy (non-hydrogen) atoms. The molecule has 3 N–H and O–H groups in total. The maximum absolute atomic E-state index is 13.6. The summed E-state index contributed by atoms with van der Waals surface area (Å²) < 4.78 is 13.6. The second-order valence-electron chi connectivity index (χ2n) is 5.45. The highest BCUT2D eigenvalue weighted by Gasteiger charge is 2.01. The molecule has 0 saturated heterocycles. The summed E-state index contributed by atoms with van der Waals surface area (Å²) in [5.41, 5.74) is 1.74. The molecule has 0 fully saturated rings. The minimum atomic E-state index is -0.186. The van der Waals surface area contributed by atoms with Crippen LogP contribution >= 0.6 is 0 Å². The number of hydrogen-bond acceptors (Lipinski definition) is 2. The molecule has 0 aromatic heterocycles. The first-order valence-electron chi connectivity index (χ1n) is 8.22. The van der Waals surface area contributed by atoms with Crippen LogP contribution < -0.4 is 10.6 Å². The molecule has 0 radical (unpaired) electrons. The lowest BCUT2D eigenvalue weighted by molar-refractivity contribution is 0.474. The molecule has 0 heterocycles. The third kappa shape index (κ3) is 5.91. The Morgan fingerprint density at radius 2 is 1.92 bits per heavy atom. The minimum absolute atomic E-state index is 0.186. The van der Waals surface area contributed by atoms with Gasteiger partial charge in [0.05, 0.1) is 0 Å². The highest BCUT2D eigenvalue weighted by molar-refractivity contribution is 5.79. The second kappa shape index (κ2) is 9.55. The zero-order valence-corrected chi connectivity index (χ0v) is 13.9. The Kier molecular flexibility index (Phi) is 7.08. The molecule has 0 spiro atoms. The van der Waals surface area contributed by atoms with Gasteiger partial charge in [-0.3, -0.25) is 4.99 Å². The SMILES string of the molecule is CCNC(=NCCc1ccccc1F)NCCc1cccc(O)c1. The number of phenolic OH excluding ortho intramolecular Hbond substituents is 1. The standard InChI is InChI=1S/C19H24FN3O/c1-2-21-19(22-12-10-15-6-5-8-17(24)14-15)23-13-11-16-7-3-4-9-18(16)20/h3-9,14,24H,2,10-13H2,1H3,(H2,21,22,23). The fourth-order valence-electron chi connectivity index (χ4n) is 2.37. The second-order valence-corrected chi connectivity index (χ2v) is 5.45. The number of benzene rings is 2. The Balaban J connectivity index is 1.83. The molecule has 0 aliphatic carbocycles. The first kappa shape index (κ1) is 17.8. The summed E-state index contributed by atoms with van der Waals surface area (Å²) in [7, 11) is 0. The fraction of sp³-hybridized carbons (Fsp3) is 0.316. The Morgan fingerprint density at radius 1 is 1.08 bits per heavy atom. The molecule has 2 rings (SSSR count). The number of halogens is 1. The van der Waals surface area contributed by atoms with E-state index in [4.69, 9.17) is 0 Å². The number of guanidine groups is 1. The van der Waals surface area contributed by atoms with Gasteiger partial charge in [0.15, 0.2) is 5.96 Å². The van der Waals surface area contributed by atoms with Crippen LogP contribution in [0.3, 0.4) is 0 Å². The van der Waals surface area contributed by atoms with E-state index in [0.717, 1.165) is 18.5 Å². The van der Waals surface area contributed by atoms with Crippen molar-refractivity contribution < 1.29 is 9.50 Å². The van der Waals surface area contributed by atoms with Crippen LogP contribution in [0, 0.1) is 5.82 Å². The fourth-order valence-corrected chi connectivity index (χ4v) is 2.37. The lowest BCUT2D eigenvalue weighted by Crippen LogP contribution is -2.38. The Hall–Kier alpha value is -2.56. The van der Waals surface area contributed by atoms with E-state index in [-0.39, 0.29) is 11.6 Å². The van der Waals surface area contributed by atoms with E-state index >= 15 is 0 Å². The molecule has 0 saturated carbocycles. The minimum Gasteiger partial charge on any atom is -0.508 e. The summed E-state index contributed by atoms with van der Waals surface area (Å²) in [6.45, 7) is 3.98. The van der Waals surface area contributed by atoms with Crippen molar-refractivity contribution >= 4 is 5.96 Å². The van der Waals surface area contributed by atoms with Crippen molar-refractivity contribution in [1.29, 1.82) is 0 Å². The molecule has 4 nitrogen and oxygen atoms in total. The van der Waals surface area contributed by atoms with E-state index < -0.39 is 0 Å². The molecule has 5 heteroatoms. The summed E-state index contributed by atoms with van der Waals surface area (Å²) in [5.74, 6) is 0.807. The molecule has 128 valence electrons. The zero-order valence-electron chi connectivity index (χ0n) is 13.9. The van der Waals surface area contributed by atoms with Gasteiger partial charge >= 0.3 is 0 Å². The monoisotopic (exact) mass is 329 g/mol. The van der Waals surface area contributed by atoms with Crippen molar-refractivity contribution in [2.24, 2.45) is 4.99 Å². The van der Waals surface area contributed by atoms with Crippen molar-refractivity contribution in [3.63, 3.8) is 0 Å². The van der Waals surface area contributed by atoms with Crippen molar-refractivity contribution in [3.05, 3.63) is 65.5 Å². The highest BCUT2D eigenvalue weighted by atomic mass is 19.1. The van der Waals surface area contributed by atoms with Crippen molar-refractivity contribution in [1.82, 2.24) is 10.6 Å². The van der Waals surface area contributed by atoms with Gasteiger partial charge in [-0.1, -0.05) is 30.3 Å². The van der Waals surface area contributed by atoms with Gasteiger partial charge in [-0.2, -0.15) is 0 Å². The zero-order chi connectivity index (χ0) is 17.2. The van der Waals surface area contributed by atoms with Crippen LogP contribution in [-0.2, 0) is 12.8 Å². The molecule has 0 atom stereocenters. The molecule has 0 aliphatic rings. The number of phenols is 1. The van der Waals surface area contributed by atoms with E-state index in [0.29, 0.717) is 31.0 Å². The summed E-state index contributed by atoms with van der Waals surface area (Å²) >= 11 is 0. The van der Waals surface area contributed by atoms with Crippen LogP contribution in [0.25, 0.3) is 0 Å². The number of nitrogens with zero attached hydrogens (tertiary/aromatic N) is 1. The average Bonchev–Trinajstić information content (AvgIpc) is 2.57. The molecule has 0 amide bonds. The molecule has 0 unspecified atom stereocenters. The molecular formula is C19H24FN3O. The van der Waals surface area contributed by atoms with E-state index in [1.807, 2.05) is 25.1 Å². The van der Waals surface area contributed by atoms with Gasteiger partial charge in [0.25, 0.3) is 0 Å². The van der Waals surface area contributed by atoms with Crippen LogP contribution in [0.4, 0.5) is 4.39 Å². The first-order chi connectivity index (χ1) is 11.7. The van der Waals surface area contributed by atoms with Gasteiger partial charge < -0.3 is 15.7 Å². The van der Waals surface area contributed by atoms with Crippen LogP contribution in [0.2, 0.25) is 0 Å². The number of rotatable bonds is 7. The van der Waals surface area contributed by atoms with Crippen molar-refractivity contribution in [2.45, 2.75) is 19.8 Å². The van der Waals surface area contributed by atoms with Gasteiger partial charge in [-0.05, 0) is 49.1 Å². The normalized spacial score (nSPS) is 11.3. The van der Waals surface area contributed by atoms with Crippen LogP contribution in [-0.4, -0.2) is 30.7 Å². The van der Waals surface area contributed by atoms with E-state index in [1.54, 1.807) is 24.3 Å². The number of aromatic hydroxyl groups is 1. The van der Waals surface area contributed by atoms with Gasteiger partial charge in [0.1, 0.15) is 11.6 Å². The van der Waals surface area contributed by atoms with E-state index in [1.165, 1.54) is 6.07 Å². The molecule has 0 bridgehead atoms. The lowest BCUT2D eigenvalue weighted by atomic mass is 10.1. The Labute approximate surface area is 142 Å². The summed E-state index contributed by atoms with van der Waals surface area (Å²) in [6.07, 6.45) is 1.35. The van der Waals surface area contributed by atoms with Gasteiger partial charge in [-0.15, -0.1) is 0 Å². The van der Waals surface area contributed by atoms with Crippen molar-refractivity contribution in [2.75, 3.05) is 19.6 Å². The molecule has 2 aromatic rings.